The molecule has 0 unspecified atom stereocenters. The number of hydrogen-bond donors (Lipinski definition) is 1. The van der Waals surface area contributed by atoms with E-state index in [0.717, 1.165) is 5.00 Å². The molecule has 1 rings (SSSR count). The van der Waals surface area contributed by atoms with Gasteiger partial charge in [-0.2, -0.15) is 5.26 Å². The zero-order valence-electron chi connectivity index (χ0n) is 5.70. The second kappa shape index (κ2) is 3.74. The van der Waals surface area contributed by atoms with E-state index in [9.17, 15) is 4.79 Å². The minimum absolute atomic E-state index is 0.0854. The molecular weight excluding hydrogens is 160 g/mol. The quantitative estimate of drug-likeness (QED) is 0.725. The predicted octanol–water partition coefficient (Wildman–Crippen LogP) is 1.60. The maximum atomic E-state index is 10.8. The summed E-state index contributed by atoms with van der Waals surface area (Å²) in [5, 5.41) is 13.4. The van der Waals surface area contributed by atoms with E-state index < -0.39 is 0 Å². The first-order chi connectivity index (χ1) is 5.33. The Morgan fingerprint density at radius 3 is 3.18 bits per heavy atom. The summed E-state index contributed by atoms with van der Waals surface area (Å²) in [5.41, 5.74) is 0. The molecule has 0 radical (unpaired) electrons. The van der Waals surface area contributed by atoms with Gasteiger partial charge in [-0.3, -0.25) is 4.79 Å². The van der Waals surface area contributed by atoms with Gasteiger partial charge in [0.2, 0.25) is 5.91 Å². The normalized spacial score (nSPS) is 8.64. The number of hydrogen-bond acceptors (Lipinski definition) is 3. The molecule has 4 heteroatoms. The summed E-state index contributed by atoms with van der Waals surface area (Å²) in [6.07, 6.45) is -0.0854. The molecule has 0 aliphatic heterocycles. The van der Waals surface area contributed by atoms with Crippen molar-refractivity contribution in [1.29, 1.82) is 5.26 Å². The fourth-order valence-electron chi connectivity index (χ4n) is 0.603. The molecule has 0 aliphatic carbocycles. The van der Waals surface area contributed by atoms with Gasteiger partial charge in [0.05, 0.1) is 11.1 Å². The van der Waals surface area contributed by atoms with Crippen LogP contribution in [0.5, 0.6) is 0 Å². The number of nitrogens with zero attached hydrogens (tertiary/aromatic N) is 1. The van der Waals surface area contributed by atoms with E-state index in [1.165, 1.54) is 11.3 Å². The SMILES string of the molecule is N#CCC(=O)Nc1cccs1. The van der Waals surface area contributed by atoms with Gasteiger partial charge >= 0.3 is 0 Å². The van der Waals surface area contributed by atoms with Crippen molar-refractivity contribution < 1.29 is 4.79 Å². The molecule has 1 heterocycles. The van der Waals surface area contributed by atoms with Gasteiger partial charge in [-0.1, -0.05) is 0 Å². The van der Waals surface area contributed by atoms with E-state index in [-0.39, 0.29) is 12.3 Å². The summed E-state index contributed by atoms with van der Waals surface area (Å²) in [7, 11) is 0. The van der Waals surface area contributed by atoms with Gasteiger partial charge in [0.1, 0.15) is 6.42 Å². The molecule has 0 saturated carbocycles. The van der Waals surface area contributed by atoms with Crippen LogP contribution in [0.2, 0.25) is 0 Å². The number of rotatable bonds is 2. The fraction of sp³-hybridized carbons (Fsp3) is 0.143. The summed E-state index contributed by atoms with van der Waals surface area (Å²) in [6, 6.07) is 5.40. The van der Waals surface area contributed by atoms with Crippen molar-refractivity contribution >= 4 is 22.2 Å². The van der Waals surface area contributed by atoms with Gasteiger partial charge in [-0.05, 0) is 17.5 Å². The lowest BCUT2D eigenvalue weighted by atomic mass is 10.4. The van der Waals surface area contributed by atoms with Gasteiger partial charge in [0.15, 0.2) is 0 Å². The van der Waals surface area contributed by atoms with Crippen molar-refractivity contribution in [2.24, 2.45) is 0 Å². The van der Waals surface area contributed by atoms with Crippen LogP contribution in [0, 0.1) is 11.3 Å². The predicted molar refractivity (Wildman–Crippen MR) is 43.2 cm³/mol. The average Bonchev–Trinajstić information content (AvgIpc) is 2.40. The van der Waals surface area contributed by atoms with E-state index in [1.807, 2.05) is 11.4 Å². The number of carbonyl (C=O) groups excluding carboxylic acids is 1. The van der Waals surface area contributed by atoms with E-state index in [2.05, 4.69) is 5.32 Å². The second-order valence-electron chi connectivity index (χ2n) is 1.86. The topological polar surface area (TPSA) is 52.9 Å². The largest absolute Gasteiger partial charge is 0.317 e. The molecule has 0 aromatic carbocycles. The molecule has 0 fully saturated rings. The highest BCUT2D eigenvalue weighted by Gasteiger charge is 1.99. The zero-order valence-corrected chi connectivity index (χ0v) is 6.52. The Morgan fingerprint density at radius 1 is 1.82 bits per heavy atom. The number of carbonyl (C=O) groups is 1. The molecule has 56 valence electrons. The summed E-state index contributed by atoms with van der Waals surface area (Å²) in [6.45, 7) is 0. The fourth-order valence-corrected chi connectivity index (χ4v) is 1.24. The van der Waals surface area contributed by atoms with Crippen molar-refractivity contribution in [2.45, 2.75) is 6.42 Å². The third-order valence-electron chi connectivity index (χ3n) is 1.02. The van der Waals surface area contributed by atoms with Crippen LogP contribution in [0.3, 0.4) is 0 Å². The maximum absolute atomic E-state index is 10.8. The third-order valence-corrected chi connectivity index (χ3v) is 1.81. The Balaban J connectivity index is 2.45. The summed E-state index contributed by atoms with van der Waals surface area (Å²) in [4.78, 5) is 10.8. The Hall–Kier alpha value is -1.34. The lowest BCUT2D eigenvalue weighted by molar-refractivity contribution is -0.115. The van der Waals surface area contributed by atoms with Crippen LogP contribution < -0.4 is 5.32 Å². The van der Waals surface area contributed by atoms with Crippen LogP contribution in [-0.4, -0.2) is 5.91 Å². The van der Waals surface area contributed by atoms with Crippen molar-refractivity contribution in [2.75, 3.05) is 5.32 Å². The van der Waals surface area contributed by atoms with E-state index in [0.29, 0.717) is 0 Å². The number of nitrogens with one attached hydrogen (secondary N) is 1. The van der Waals surface area contributed by atoms with Crippen molar-refractivity contribution in [3.8, 4) is 6.07 Å². The molecule has 0 saturated heterocycles. The second-order valence-corrected chi connectivity index (χ2v) is 2.81. The van der Waals surface area contributed by atoms with Gasteiger partial charge < -0.3 is 5.32 Å². The van der Waals surface area contributed by atoms with Crippen LogP contribution >= 0.6 is 11.3 Å². The summed E-state index contributed by atoms with van der Waals surface area (Å²) in [5.74, 6) is -0.255. The standard InChI is InChI=1S/C7H6N2OS/c8-4-3-6(10)9-7-2-1-5-11-7/h1-2,5H,3H2,(H,9,10). The van der Waals surface area contributed by atoms with Crippen molar-refractivity contribution in [3.05, 3.63) is 17.5 Å². The van der Waals surface area contributed by atoms with Gasteiger partial charge in [-0.25, -0.2) is 0 Å². The molecule has 3 nitrogen and oxygen atoms in total. The van der Waals surface area contributed by atoms with Crippen molar-refractivity contribution in [1.82, 2.24) is 0 Å². The van der Waals surface area contributed by atoms with E-state index >= 15 is 0 Å². The lowest BCUT2D eigenvalue weighted by Gasteiger charge is -1.95. The molecule has 11 heavy (non-hydrogen) atoms. The highest BCUT2D eigenvalue weighted by Crippen LogP contribution is 2.14. The highest BCUT2D eigenvalue weighted by atomic mass is 32.1. The Bertz CT molecular complexity index is 273. The Morgan fingerprint density at radius 2 is 2.64 bits per heavy atom. The first-order valence-electron chi connectivity index (χ1n) is 3.03. The molecule has 0 bridgehead atoms. The molecule has 0 aliphatic rings. The Kier molecular flexibility index (Phi) is 2.64. The monoisotopic (exact) mass is 166 g/mol. The number of nitriles is 1. The van der Waals surface area contributed by atoms with Gasteiger partial charge in [-0.15, -0.1) is 11.3 Å². The number of amides is 1. The molecule has 0 atom stereocenters. The lowest BCUT2D eigenvalue weighted by Crippen LogP contribution is -2.08. The number of thiophene rings is 1. The van der Waals surface area contributed by atoms with Crippen LogP contribution in [-0.2, 0) is 4.79 Å². The smallest absolute Gasteiger partial charge is 0.239 e. The first kappa shape index (κ1) is 7.76. The summed E-state index contributed by atoms with van der Waals surface area (Å²) < 4.78 is 0. The maximum Gasteiger partial charge on any atom is 0.239 e. The molecule has 1 aromatic rings. The summed E-state index contributed by atoms with van der Waals surface area (Å²) >= 11 is 1.44. The van der Waals surface area contributed by atoms with Crippen LogP contribution in [0.4, 0.5) is 5.00 Å². The van der Waals surface area contributed by atoms with Gasteiger partial charge in [0.25, 0.3) is 0 Å². The molecule has 1 N–H and O–H groups in total. The van der Waals surface area contributed by atoms with Crippen LogP contribution in [0.15, 0.2) is 17.5 Å². The first-order valence-corrected chi connectivity index (χ1v) is 3.91. The van der Waals surface area contributed by atoms with Gasteiger partial charge in [0, 0.05) is 0 Å². The molecule has 1 aromatic heterocycles. The highest BCUT2D eigenvalue weighted by molar-refractivity contribution is 7.14. The number of anilines is 1. The van der Waals surface area contributed by atoms with Crippen LogP contribution in [0.25, 0.3) is 0 Å². The van der Waals surface area contributed by atoms with Crippen molar-refractivity contribution in [3.63, 3.8) is 0 Å². The molecular formula is C7H6N2OS. The average molecular weight is 166 g/mol. The Labute approximate surface area is 68.3 Å². The minimum Gasteiger partial charge on any atom is -0.317 e. The molecule has 0 spiro atoms. The van der Waals surface area contributed by atoms with Crippen LogP contribution in [0.1, 0.15) is 6.42 Å². The minimum atomic E-state index is -0.255. The zero-order chi connectivity index (χ0) is 8.10. The van der Waals surface area contributed by atoms with E-state index in [4.69, 9.17) is 5.26 Å². The third kappa shape index (κ3) is 2.40. The van der Waals surface area contributed by atoms with E-state index in [1.54, 1.807) is 12.1 Å². The molecule has 1 amide bonds.